The Hall–Kier alpha value is -9.16. The van der Waals surface area contributed by atoms with Crippen LogP contribution in [0, 0.1) is 189 Å². The molecule has 0 aliphatic carbocycles. The summed E-state index contributed by atoms with van der Waals surface area (Å²) in [6.07, 6.45) is 0.988. The summed E-state index contributed by atoms with van der Waals surface area (Å²) < 4.78 is 15.3. The topological polar surface area (TPSA) is 116 Å². The molecule has 0 aliphatic rings. The van der Waals surface area contributed by atoms with E-state index in [1.54, 1.807) is 13.8 Å². The zero-order valence-corrected chi connectivity index (χ0v) is 29.5. The van der Waals surface area contributed by atoms with Crippen LogP contribution in [0.15, 0.2) is 0 Å². The molecule has 0 bridgehead atoms. The van der Waals surface area contributed by atoms with Gasteiger partial charge in [0.1, 0.15) is 13.2 Å². The van der Waals surface area contributed by atoms with Crippen LogP contribution in [-0.4, -0.2) is 48.3 Å². The number of unbranched alkanes of at least 4 members (excludes halogenated alkanes) is 3. The van der Waals surface area contributed by atoms with E-state index < -0.39 is 43.2 Å². The first-order valence-electron chi connectivity index (χ1n) is 15.5. The average Bonchev–Trinajstić information content (AvgIpc) is 3.17. The summed E-state index contributed by atoms with van der Waals surface area (Å²) in [5.74, 6) is 74.0. The minimum absolute atomic E-state index is 0.00306. The fourth-order valence-electron chi connectivity index (χ4n) is 2.71. The van der Waals surface area contributed by atoms with E-state index in [9.17, 15) is 19.2 Å². The maximum Gasteiger partial charge on any atom is 0.385 e. The number of esters is 3. The number of carbonyl (C=O) groups excluding carboxylic acids is 3. The van der Waals surface area contributed by atoms with Crippen molar-refractivity contribution in [3.8, 4) is 189 Å². The Morgan fingerprint density at radius 1 is 0.418 bits per heavy atom. The van der Waals surface area contributed by atoms with E-state index in [-0.39, 0.29) is 12.8 Å². The number of rotatable bonds is 12. The second kappa shape index (κ2) is 36.1. The van der Waals surface area contributed by atoms with Gasteiger partial charge in [-0.3, -0.25) is 9.59 Å². The molecule has 0 aliphatic heterocycles. The van der Waals surface area contributed by atoms with Crippen LogP contribution in [0.2, 0.25) is 0 Å². The molecule has 55 heavy (non-hydrogen) atoms. The lowest BCUT2D eigenvalue weighted by Gasteiger charge is -2.16. The average molecular weight is 717 g/mol. The summed E-state index contributed by atoms with van der Waals surface area (Å²) in [6, 6.07) is 0. The molecule has 0 amide bonds. The highest BCUT2D eigenvalue weighted by Gasteiger charge is 2.18. The smallest absolute Gasteiger partial charge is 0.385 e. The standard InChI is InChI=1S/C47H24O8/c1-3-5-7-9-11-13-15-17-19-21-23-25-27-29-34-38-45(50)53-41-43(55-47(52)40-36-32-31-33-37-44(48)49)42-54-46(51)39-35-30-28-26-24-22-20-18-16-14-12-10-8-6-4-2/h43H,31-33,36-37,40-42H2,1-2H3,(H,48,49). The van der Waals surface area contributed by atoms with Gasteiger partial charge >= 0.3 is 23.9 Å². The first-order chi connectivity index (χ1) is 26.9. The second-order valence-corrected chi connectivity index (χ2v) is 8.87. The SMILES string of the molecule is CC#CC#CC#CC#CC#CC#CC#CC#CC(=O)OCC(COC(=O)C#CC#CC#CC#CC#CC#CC#CC#CC)OC(=O)CCCCCCC(=O)O. The Morgan fingerprint density at radius 3 is 1.02 bits per heavy atom. The molecule has 0 radical (unpaired) electrons. The van der Waals surface area contributed by atoms with Crippen molar-refractivity contribution >= 4 is 23.9 Å². The van der Waals surface area contributed by atoms with E-state index in [0.29, 0.717) is 25.7 Å². The van der Waals surface area contributed by atoms with Crippen LogP contribution in [0.25, 0.3) is 0 Å². The first kappa shape index (κ1) is 45.8. The van der Waals surface area contributed by atoms with Gasteiger partial charge in [0.15, 0.2) is 6.10 Å². The Balaban J connectivity index is 5.21. The number of ether oxygens (including phenoxy) is 3. The lowest BCUT2D eigenvalue weighted by molar-refractivity contribution is -0.163. The molecule has 0 heterocycles. The molecule has 0 aromatic heterocycles. The summed E-state index contributed by atoms with van der Waals surface area (Å²) in [7, 11) is 0. The minimum atomic E-state index is -1.18. The van der Waals surface area contributed by atoms with Crippen molar-refractivity contribution in [2.24, 2.45) is 0 Å². The molecule has 0 atom stereocenters. The predicted octanol–water partition coefficient (Wildman–Crippen LogP) is 1.50. The quantitative estimate of drug-likeness (QED) is 0.106. The maximum atomic E-state index is 12.4. The number of aliphatic carboxylic acids is 1. The zero-order valence-electron chi connectivity index (χ0n) is 29.5. The highest BCUT2D eigenvalue weighted by Crippen LogP contribution is 2.08. The van der Waals surface area contributed by atoms with Crippen molar-refractivity contribution in [3.05, 3.63) is 0 Å². The van der Waals surface area contributed by atoms with E-state index >= 15 is 0 Å². The van der Waals surface area contributed by atoms with Gasteiger partial charge in [-0.25, -0.2) is 9.59 Å². The third-order valence-electron chi connectivity index (χ3n) is 4.82. The molecule has 260 valence electrons. The van der Waals surface area contributed by atoms with Gasteiger partial charge in [-0.15, -0.1) is 0 Å². The van der Waals surface area contributed by atoms with E-state index in [4.69, 9.17) is 19.3 Å². The molecule has 0 fully saturated rings. The Morgan fingerprint density at radius 2 is 0.709 bits per heavy atom. The summed E-state index contributed by atoms with van der Waals surface area (Å²) >= 11 is 0. The summed E-state index contributed by atoms with van der Waals surface area (Å²) in [6.45, 7) is 2.32. The monoisotopic (exact) mass is 716 g/mol. The van der Waals surface area contributed by atoms with Crippen molar-refractivity contribution in [2.45, 2.75) is 58.5 Å². The minimum Gasteiger partial charge on any atom is -0.481 e. The van der Waals surface area contributed by atoms with Gasteiger partial charge < -0.3 is 19.3 Å². The van der Waals surface area contributed by atoms with E-state index in [0.717, 1.165) is 0 Å². The van der Waals surface area contributed by atoms with Crippen molar-refractivity contribution < 1.29 is 38.5 Å². The Labute approximate surface area is 322 Å². The van der Waals surface area contributed by atoms with E-state index in [1.807, 2.05) is 0 Å². The molecule has 1 N–H and O–H groups in total. The van der Waals surface area contributed by atoms with Crippen molar-refractivity contribution in [3.63, 3.8) is 0 Å². The second-order valence-electron chi connectivity index (χ2n) is 8.87. The number of hydrogen-bond donors (Lipinski definition) is 1. The van der Waals surface area contributed by atoms with Crippen LogP contribution in [0.1, 0.15) is 52.4 Å². The van der Waals surface area contributed by atoms with Gasteiger partial charge in [0.05, 0.1) is 0 Å². The number of carboxylic acids is 1. The lowest BCUT2D eigenvalue weighted by atomic mass is 10.1. The molecule has 0 saturated heterocycles. The predicted molar refractivity (Wildman–Crippen MR) is 203 cm³/mol. The van der Waals surface area contributed by atoms with Crippen LogP contribution in [0.4, 0.5) is 0 Å². The van der Waals surface area contributed by atoms with E-state index in [2.05, 4.69) is 189 Å². The molecule has 8 nitrogen and oxygen atoms in total. The van der Waals surface area contributed by atoms with Gasteiger partial charge in [-0.05, 0) is 192 Å². The van der Waals surface area contributed by atoms with Crippen molar-refractivity contribution in [1.82, 2.24) is 0 Å². The highest BCUT2D eigenvalue weighted by molar-refractivity contribution is 5.89. The van der Waals surface area contributed by atoms with E-state index in [1.165, 1.54) is 0 Å². The summed E-state index contributed by atoms with van der Waals surface area (Å²) in [4.78, 5) is 47.1. The van der Waals surface area contributed by atoms with Crippen molar-refractivity contribution in [2.75, 3.05) is 13.2 Å². The van der Waals surface area contributed by atoms with Crippen LogP contribution in [0.5, 0.6) is 0 Å². The van der Waals surface area contributed by atoms with Gasteiger partial charge in [0.25, 0.3) is 0 Å². The normalized spacial score (nSPS) is 6.60. The molecular weight excluding hydrogens is 693 g/mol. The molecule has 8 heteroatoms. The number of hydrogen-bond acceptors (Lipinski definition) is 7. The molecule has 0 rings (SSSR count). The third-order valence-corrected chi connectivity index (χ3v) is 4.82. The third kappa shape index (κ3) is 36.0. The summed E-state index contributed by atoms with van der Waals surface area (Å²) in [5.41, 5.74) is 0. The fourth-order valence-corrected chi connectivity index (χ4v) is 2.71. The van der Waals surface area contributed by atoms with Gasteiger partial charge in [-0.1, -0.05) is 24.7 Å². The number of carbonyl (C=O) groups is 4. The van der Waals surface area contributed by atoms with Crippen molar-refractivity contribution in [1.29, 1.82) is 0 Å². The molecular formula is C47H24O8. The zero-order chi connectivity index (χ0) is 40.3. The van der Waals surface area contributed by atoms with Gasteiger partial charge in [-0.2, -0.15) is 0 Å². The molecule has 0 unspecified atom stereocenters. The molecule has 0 spiro atoms. The first-order valence-corrected chi connectivity index (χ1v) is 15.5. The lowest BCUT2D eigenvalue weighted by Crippen LogP contribution is -2.30. The van der Waals surface area contributed by atoms with Gasteiger partial charge in [0, 0.05) is 24.7 Å². The Kier molecular flexibility index (Phi) is 30.1. The van der Waals surface area contributed by atoms with Crippen LogP contribution in [0.3, 0.4) is 0 Å². The largest absolute Gasteiger partial charge is 0.481 e. The van der Waals surface area contributed by atoms with Crippen LogP contribution in [-0.2, 0) is 33.4 Å². The molecule has 0 saturated carbocycles. The highest BCUT2D eigenvalue weighted by atomic mass is 16.6. The fraction of sp³-hybridized carbons (Fsp3) is 0.234. The van der Waals surface area contributed by atoms with Gasteiger partial charge in [0.2, 0.25) is 0 Å². The van der Waals surface area contributed by atoms with Crippen LogP contribution >= 0.6 is 0 Å². The molecule has 0 aromatic rings. The Bertz CT molecular complexity index is 2360. The van der Waals surface area contributed by atoms with Crippen LogP contribution < -0.4 is 0 Å². The summed E-state index contributed by atoms with van der Waals surface area (Å²) in [5, 5.41) is 8.72. The number of carboxylic acid groups (broad SMARTS) is 1. The molecule has 0 aromatic carbocycles. The maximum absolute atomic E-state index is 12.4.